The molecule has 1 amide bonds. The van der Waals surface area contributed by atoms with Gasteiger partial charge in [0.15, 0.2) is 0 Å². The highest BCUT2D eigenvalue weighted by atomic mass is 35.5. The molecule has 0 saturated carbocycles. The molecular weight excluding hydrogens is 372 g/mol. The second-order valence-electron chi connectivity index (χ2n) is 6.61. The van der Waals surface area contributed by atoms with Gasteiger partial charge in [-0.15, -0.1) is 0 Å². The van der Waals surface area contributed by atoms with Crippen LogP contribution in [0.2, 0.25) is 5.02 Å². The van der Waals surface area contributed by atoms with Gasteiger partial charge in [0.05, 0.1) is 22.6 Å². The Morgan fingerprint density at radius 3 is 2.64 bits per heavy atom. The standard InChI is InChI=1S/C22H19ClN4O/c1-15(25-22(28)17-5-4-12-24-13-17)21-26-19-6-2-3-7-20(19)27(21)14-16-8-10-18(23)11-9-16/h2-13,15H,14H2,1H3,(H,25,28). The van der Waals surface area contributed by atoms with Gasteiger partial charge in [-0.1, -0.05) is 35.9 Å². The minimum atomic E-state index is -0.271. The van der Waals surface area contributed by atoms with Crippen LogP contribution < -0.4 is 5.32 Å². The van der Waals surface area contributed by atoms with Gasteiger partial charge < -0.3 is 9.88 Å². The van der Waals surface area contributed by atoms with E-state index in [2.05, 4.69) is 14.9 Å². The molecule has 0 bridgehead atoms. The summed E-state index contributed by atoms with van der Waals surface area (Å²) in [6.45, 7) is 2.58. The van der Waals surface area contributed by atoms with Crippen LogP contribution in [0.25, 0.3) is 11.0 Å². The third-order valence-electron chi connectivity index (χ3n) is 4.60. The van der Waals surface area contributed by atoms with Crippen molar-refractivity contribution in [1.29, 1.82) is 0 Å². The molecule has 1 atom stereocenters. The molecule has 2 aromatic carbocycles. The van der Waals surface area contributed by atoms with Crippen LogP contribution in [0.4, 0.5) is 0 Å². The Hall–Kier alpha value is -3.18. The average Bonchev–Trinajstić information content (AvgIpc) is 3.09. The molecule has 5 nitrogen and oxygen atoms in total. The Kier molecular flexibility index (Phi) is 5.08. The SMILES string of the molecule is CC(NC(=O)c1cccnc1)c1nc2ccccc2n1Cc1ccc(Cl)cc1. The lowest BCUT2D eigenvalue weighted by Crippen LogP contribution is -2.29. The molecule has 1 unspecified atom stereocenters. The zero-order chi connectivity index (χ0) is 19.5. The van der Waals surface area contributed by atoms with E-state index < -0.39 is 0 Å². The molecule has 0 fully saturated rings. The summed E-state index contributed by atoms with van der Waals surface area (Å²) in [5, 5.41) is 3.73. The molecule has 28 heavy (non-hydrogen) atoms. The maximum Gasteiger partial charge on any atom is 0.253 e. The number of rotatable bonds is 5. The number of hydrogen-bond acceptors (Lipinski definition) is 3. The maximum atomic E-state index is 12.5. The quantitative estimate of drug-likeness (QED) is 0.540. The van der Waals surface area contributed by atoms with Crippen LogP contribution in [0, 0.1) is 0 Å². The number of pyridine rings is 1. The van der Waals surface area contributed by atoms with E-state index in [4.69, 9.17) is 16.6 Å². The average molecular weight is 391 g/mol. The molecule has 0 aliphatic heterocycles. The second-order valence-corrected chi connectivity index (χ2v) is 7.04. The van der Waals surface area contributed by atoms with Crippen LogP contribution in [0.15, 0.2) is 73.1 Å². The van der Waals surface area contributed by atoms with E-state index in [1.54, 1.807) is 24.5 Å². The number of halogens is 1. The molecule has 2 heterocycles. The number of nitrogens with zero attached hydrogens (tertiary/aromatic N) is 3. The van der Waals surface area contributed by atoms with Crippen molar-refractivity contribution >= 4 is 28.5 Å². The van der Waals surface area contributed by atoms with Crippen LogP contribution >= 0.6 is 11.6 Å². The summed E-state index contributed by atoms with van der Waals surface area (Å²) in [5.41, 5.74) is 3.55. The molecule has 6 heteroatoms. The number of aromatic nitrogens is 3. The van der Waals surface area contributed by atoms with Gasteiger partial charge in [0.2, 0.25) is 0 Å². The summed E-state index contributed by atoms with van der Waals surface area (Å²) in [6, 6.07) is 18.9. The Balaban J connectivity index is 1.67. The summed E-state index contributed by atoms with van der Waals surface area (Å²) >= 11 is 6.01. The Morgan fingerprint density at radius 1 is 1.11 bits per heavy atom. The molecule has 4 rings (SSSR count). The lowest BCUT2D eigenvalue weighted by atomic mass is 10.2. The Morgan fingerprint density at radius 2 is 1.89 bits per heavy atom. The topological polar surface area (TPSA) is 59.8 Å². The number of fused-ring (bicyclic) bond motifs is 1. The summed E-state index contributed by atoms with van der Waals surface area (Å²) in [4.78, 5) is 21.3. The van der Waals surface area contributed by atoms with Gasteiger partial charge in [-0.25, -0.2) is 4.98 Å². The first-order chi connectivity index (χ1) is 13.6. The lowest BCUT2D eigenvalue weighted by molar-refractivity contribution is 0.0937. The highest BCUT2D eigenvalue weighted by Crippen LogP contribution is 2.23. The van der Waals surface area contributed by atoms with Crippen molar-refractivity contribution < 1.29 is 4.79 Å². The normalized spacial score (nSPS) is 12.1. The van der Waals surface area contributed by atoms with Gasteiger partial charge in [-0.3, -0.25) is 9.78 Å². The molecule has 0 spiro atoms. The fraction of sp³-hybridized carbons (Fsp3) is 0.136. The molecule has 0 aliphatic carbocycles. The zero-order valence-electron chi connectivity index (χ0n) is 15.3. The molecule has 140 valence electrons. The van der Waals surface area contributed by atoms with Gasteiger partial charge in [0.25, 0.3) is 5.91 Å². The Bertz CT molecular complexity index is 1110. The number of hydrogen-bond donors (Lipinski definition) is 1. The molecule has 0 aliphatic rings. The van der Waals surface area contributed by atoms with Crippen LogP contribution in [-0.2, 0) is 6.54 Å². The first-order valence-electron chi connectivity index (χ1n) is 9.02. The lowest BCUT2D eigenvalue weighted by Gasteiger charge is -2.16. The van der Waals surface area contributed by atoms with Gasteiger partial charge in [-0.05, 0) is 48.9 Å². The van der Waals surface area contributed by atoms with Crippen LogP contribution in [0.1, 0.15) is 34.7 Å². The van der Waals surface area contributed by atoms with E-state index in [0.29, 0.717) is 17.1 Å². The van der Waals surface area contributed by atoms with E-state index in [0.717, 1.165) is 22.4 Å². The van der Waals surface area contributed by atoms with Crippen molar-refractivity contribution in [3.05, 3.63) is 95.0 Å². The summed E-state index contributed by atoms with van der Waals surface area (Å²) in [7, 11) is 0. The van der Waals surface area contributed by atoms with Gasteiger partial charge in [0.1, 0.15) is 5.82 Å². The summed E-state index contributed by atoms with van der Waals surface area (Å²) < 4.78 is 2.13. The first-order valence-corrected chi connectivity index (χ1v) is 9.40. The molecule has 4 aromatic rings. The fourth-order valence-corrected chi connectivity index (χ4v) is 3.33. The van der Waals surface area contributed by atoms with Crippen molar-refractivity contribution in [2.75, 3.05) is 0 Å². The minimum absolute atomic E-state index is 0.175. The number of carbonyl (C=O) groups is 1. The van der Waals surface area contributed by atoms with E-state index >= 15 is 0 Å². The van der Waals surface area contributed by atoms with Crippen molar-refractivity contribution in [2.45, 2.75) is 19.5 Å². The number of para-hydroxylation sites is 2. The molecule has 0 saturated heterocycles. The van der Waals surface area contributed by atoms with Crippen LogP contribution in [0.5, 0.6) is 0 Å². The van der Waals surface area contributed by atoms with Gasteiger partial charge in [-0.2, -0.15) is 0 Å². The van der Waals surface area contributed by atoms with E-state index in [-0.39, 0.29) is 11.9 Å². The van der Waals surface area contributed by atoms with Crippen molar-refractivity contribution in [3.8, 4) is 0 Å². The third kappa shape index (κ3) is 3.75. The van der Waals surface area contributed by atoms with Gasteiger partial charge >= 0.3 is 0 Å². The number of nitrogens with one attached hydrogen (secondary N) is 1. The Labute approximate surface area is 168 Å². The summed E-state index contributed by atoms with van der Waals surface area (Å²) in [5.74, 6) is 0.624. The minimum Gasteiger partial charge on any atom is -0.342 e. The largest absolute Gasteiger partial charge is 0.342 e. The first kappa shape index (κ1) is 18.2. The van der Waals surface area contributed by atoms with Crippen LogP contribution in [-0.4, -0.2) is 20.4 Å². The predicted octanol–water partition coefficient (Wildman–Crippen LogP) is 4.62. The predicted molar refractivity (Wildman–Crippen MR) is 110 cm³/mol. The van der Waals surface area contributed by atoms with E-state index in [1.165, 1.54) is 0 Å². The fourth-order valence-electron chi connectivity index (χ4n) is 3.20. The maximum absolute atomic E-state index is 12.5. The van der Waals surface area contributed by atoms with E-state index in [9.17, 15) is 4.79 Å². The van der Waals surface area contributed by atoms with Crippen LogP contribution in [0.3, 0.4) is 0 Å². The highest BCUT2D eigenvalue weighted by Gasteiger charge is 2.19. The number of amides is 1. The van der Waals surface area contributed by atoms with E-state index in [1.807, 2.05) is 55.5 Å². The van der Waals surface area contributed by atoms with Crippen molar-refractivity contribution in [3.63, 3.8) is 0 Å². The number of imidazole rings is 1. The van der Waals surface area contributed by atoms with Crippen molar-refractivity contribution in [2.24, 2.45) is 0 Å². The summed E-state index contributed by atoms with van der Waals surface area (Å²) in [6.07, 6.45) is 3.20. The van der Waals surface area contributed by atoms with Gasteiger partial charge in [0, 0.05) is 24.0 Å². The smallest absolute Gasteiger partial charge is 0.253 e. The molecule has 1 N–H and O–H groups in total. The highest BCUT2D eigenvalue weighted by molar-refractivity contribution is 6.30. The monoisotopic (exact) mass is 390 g/mol. The molecular formula is C22H19ClN4O. The second kappa shape index (κ2) is 7.82. The number of carbonyl (C=O) groups excluding carboxylic acids is 1. The number of benzene rings is 2. The van der Waals surface area contributed by atoms with Crippen molar-refractivity contribution in [1.82, 2.24) is 19.9 Å². The zero-order valence-corrected chi connectivity index (χ0v) is 16.1. The molecule has 0 radical (unpaired) electrons. The molecule has 2 aromatic heterocycles. The third-order valence-corrected chi connectivity index (χ3v) is 4.85.